The van der Waals surface area contributed by atoms with Crippen molar-refractivity contribution in [3.8, 4) is 0 Å². The molecule has 0 aliphatic rings. The molecular weight excluding hydrogens is 440 g/mol. The molecule has 0 bridgehead atoms. The second kappa shape index (κ2) is 8.48. The second-order valence-electron chi connectivity index (χ2n) is 6.82. The van der Waals surface area contributed by atoms with E-state index in [0.717, 1.165) is 36.5 Å². The summed E-state index contributed by atoms with van der Waals surface area (Å²) in [4.78, 5) is 28.3. The summed E-state index contributed by atoms with van der Waals surface area (Å²) in [6.45, 7) is 0. The fraction of sp³-hybridized carbons (Fsp3) is 0.190. The summed E-state index contributed by atoms with van der Waals surface area (Å²) in [7, 11) is 1.44. The van der Waals surface area contributed by atoms with Crippen molar-refractivity contribution >= 4 is 5.91 Å². The largest absolute Gasteiger partial charge is 0.418 e. The Kier molecular flexibility index (Phi) is 6.11. The van der Waals surface area contributed by atoms with E-state index in [1.165, 1.54) is 23.9 Å². The van der Waals surface area contributed by atoms with Crippen LogP contribution < -0.4 is 10.9 Å². The zero-order valence-corrected chi connectivity index (χ0v) is 16.3. The molecule has 0 fully saturated rings. The highest BCUT2D eigenvalue weighted by molar-refractivity contribution is 5.94. The van der Waals surface area contributed by atoms with E-state index >= 15 is 0 Å². The fourth-order valence-electron chi connectivity index (χ4n) is 2.97. The molecule has 3 aromatic rings. The molecule has 0 spiro atoms. The molecule has 1 aromatic carbocycles. The van der Waals surface area contributed by atoms with Gasteiger partial charge in [-0.3, -0.25) is 14.6 Å². The van der Waals surface area contributed by atoms with Crippen LogP contribution in [0.5, 0.6) is 0 Å². The first-order valence-corrected chi connectivity index (χ1v) is 9.05. The number of aryl methyl sites for hydroxylation is 1. The molecule has 168 valence electrons. The van der Waals surface area contributed by atoms with Crippen LogP contribution >= 0.6 is 0 Å². The molecule has 1 amide bonds. The van der Waals surface area contributed by atoms with Crippen LogP contribution in [0.15, 0.2) is 65.7 Å². The summed E-state index contributed by atoms with van der Waals surface area (Å²) < 4.78 is 80.6. The highest BCUT2D eigenvalue weighted by atomic mass is 19.4. The number of amides is 1. The van der Waals surface area contributed by atoms with Crippen molar-refractivity contribution in [2.75, 3.05) is 0 Å². The summed E-state index contributed by atoms with van der Waals surface area (Å²) in [6, 6.07) is 5.87. The first kappa shape index (κ1) is 23.0. The van der Waals surface area contributed by atoms with Crippen LogP contribution in [0.4, 0.5) is 26.3 Å². The van der Waals surface area contributed by atoms with Gasteiger partial charge in [0.25, 0.3) is 11.5 Å². The van der Waals surface area contributed by atoms with Gasteiger partial charge in [-0.25, -0.2) is 0 Å². The number of pyridine rings is 2. The van der Waals surface area contributed by atoms with Crippen LogP contribution in [0.3, 0.4) is 0 Å². The molecule has 1 unspecified atom stereocenters. The predicted octanol–water partition coefficient (Wildman–Crippen LogP) is 4.34. The molecule has 11 heteroatoms. The summed E-state index contributed by atoms with van der Waals surface area (Å²) in [5.41, 5.74) is -3.48. The van der Waals surface area contributed by atoms with Crippen LogP contribution in [-0.2, 0) is 19.4 Å². The van der Waals surface area contributed by atoms with Crippen molar-refractivity contribution in [3.63, 3.8) is 0 Å². The lowest BCUT2D eigenvalue weighted by atomic mass is 9.97. The number of carbonyl (C=O) groups excluding carboxylic acids is 1. The van der Waals surface area contributed by atoms with Gasteiger partial charge in [-0.2, -0.15) is 26.3 Å². The molecule has 5 nitrogen and oxygen atoms in total. The molecule has 0 saturated heterocycles. The van der Waals surface area contributed by atoms with Crippen LogP contribution in [0.25, 0.3) is 0 Å². The van der Waals surface area contributed by atoms with Crippen LogP contribution in [0.2, 0.25) is 0 Å². The average molecular weight is 455 g/mol. The van der Waals surface area contributed by atoms with E-state index < -0.39 is 46.7 Å². The minimum Gasteiger partial charge on any atom is -0.340 e. The van der Waals surface area contributed by atoms with Gasteiger partial charge in [-0.05, 0) is 35.9 Å². The van der Waals surface area contributed by atoms with Gasteiger partial charge < -0.3 is 9.88 Å². The Balaban J connectivity index is 2.09. The van der Waals surface area contributed by atoms with Gasteiger partial charge >= 0.3 is 12.4 Å². The normalized spacial score (nSPS) is 13.0. The average Bonchev–Trinajstić information content (AvgIpc) is 2.72. The predicted molar refractivity (Wildman–Crippen MR) is 102 cm³/mol. The zero-order chi connectivity index (χ0) is 23.7. The fourth-order valence-corrected chi connectivity index (χ4v) is 2.97. The zero-order valence-electron chi connectivity index (χ0n) is 16.3. The summed E-state index contributed by atoms with van der Waals surface area (Å²) >= 11 is 0. The number of alkyl halides is 6. The minimum absolute atomic E-state index is 0.0561. The van der Waals surface area contributed by atoms with Crippen molar-refractivity contribution in [1.82, 2.24) is 14.9 Å². The molecule has 32 heavy (non-hydrogen) atoms. The summed E-state index contributed by atoms with van der Waals surface area (Å²) in [6.07, 6.45) is -7.11. The lowest BCUT2D eigenvalue weighted by Gasteiger charge is -2.23. The van der Waals surface area contributed by atoms with E-state index in [-0.39, 0.29) is 11.1 Å². The van der Waals surface area contributed by atoms with Crippen LogP contribution in [0, 0.1) is 0 Å². The lowest BCUT2D eigenvalue weighted by Crippen LogP contribution is -2.32. The Morgan fingerprint density at radius 1 is 1.00 bits per heavy atom. The Labute approximate surface area is 177 Å². The highest BCUT2D eigenvalue weighted by Crippen LogP contribution is 2.36. The molecule has 2 aromatic heterocycles. The Morgan fingerprint density at radius 3 is 2.22 bits per heavy atom. The third-order valence-electron chi connectivity index (χ3n) is 4.63. The molecule has 0 saturated carbocycles. The monoisotopic (exact) mass is 455 g/mol. The molecule has 0 aliphatic heterocycles. The number of nitrogens with one attached hydrogen (secondary N) is 1. The number of aromatic nitrogens is 2. The van der Waals surface area contributed by atoms with E-state index in [0.29, 0.717) is 12.1 Å². The van der Waals surface area contributed by atoms with Gasteiger partial charge in [-0.1, -0.05) is 12.1 Å². The topological polar surface area (TPSA) is 64.0 Å². The van der Waals surface area contributed by atoms with Gasteiger partial charge in [0.05, 0.1) is 22.9 Å². The number of nitrogens with zero attached hydrogens (tertiary/aromatic N) is 2. The van der Waals surface area contributed by atoms with Gasteiger partial charge in [0.1, 0.15) is 0 Å². The molecule has 1 atom stereocenters. The van der Waals surface area contributed by atoms with E-state index in [1.807, 2.05) is 0 Å². The standard InChI is InChI=1S/C21H15F6N3O2/c1-30-10-8-13(11-16(30)31)19(32)29-17(12-4-6-14(7-5-12)20(22,23)24)18-15(21(25,26)27)3-2-9-28-18/h2-11,17H,1H3,(H,29,32). The minimum atomic E-state index is -4.83. The number of benzene rings is 1. The number of halogens is 6. The first-order valence-electron chi connectivity index (χ1n) is 9.05. The maximum atomic E-state index is 13.6. The lowest BCUT2D eigenvalue weighted by molar-refractivity contribution is -0.139. The molecule has 2 heterocycles. The van der Waals surface area contributed by atoms with Gasteiger partial charge in [0, 0.05) is 31.1 Å². The SMILES string of the molecule is Cn1ccc(C(=O)NC(c2ccc(C(F)(F)F)cc2)c2ncccc2C(F)(F)F)cc1=O. The van der Waals surface area contributed by atoms with Gasteiger partial charge in [0.15, 0.2) is 0 Å². The maximum absolute atomic E-state index is 13.6. The van der Waals surface area contributed by atoms with E-state index in [9.17, 15) is 35.9 Å². The summed E-state index contributed by atoms with van der Waals surface area (Å²) in [5, 5.41) is 2.35. The Morgan fingerprint density at radius 2 is 1.66 bits per heavy atom. The number of hydrogen-bond donors (Lipinski definition) is 1. The van der Waals surface area contributed by atoms with E-state index in [1.54, 1.807) is 0 Å². The van der Waals surface area contributed by atoms with Crippen molar-refractivity contribution in [2.45, 2.75) is 18.4 Å². The molecule has 0 aliphatic carbocycles. The molecule has 1 N–H and O–H groups in total. The third-order valence-corrected chi connectivity index (χ3v) is 4.63. The number of rotatable bonds is 4. The number of hydrogen-bond acceptors (Lipinski definition) is 3. The van der Waals surface area contributed by atoms with E-state index in [2.05, 4.69) is 10.3 Å². The maximum Gasteiger partial charge on any atom is 0.418 e. The van der Waals surface area contributed by atoms with E-state index in [4.69, 9.17) is 0 Å². The van der Waals surface area contributed by atoms with Crippen molar-refractivity contribution in [1.29, 1.82) is 0 Å². The van der Waals surface area contributed by atoms with Gasteiger partial charge in [-0.15, -0.1) is 0 Å². The Hall–Kier alpha value is -3.63. The molecular formula is C21H15F6N3O2. The number of carbonyl (C=O) groups is 1. The second-order valence-corrected chi connectivity index (χ2v) is 6.82. The smallest absolute Gasteiger partial charge is 0.340 e. The highest BCUT2D eigenvalue weighted by Gasteiger charge is 2.37. The first-order chi connectivity index (χ1) is 14.9. The van der Waals surface area contributed by atoms with Gasteiger partial charge in [0.2, 0.25) is 0 Å². The third kappa shape index (κ3) is 4.98. The molecule has 3 rings (SSSR count). The van der Waals surface area contributed by atoms with Crippen LogP contribution in [0.1, 0.15) is 38.8 Å². The summed E-state index contributed by atoms with van der Waals surface area (Å²) in [5.74, 6) is -0.897. The quantitative estimate of drug-likeness (QED) is 0.596. The van der Waals surface area contributed by atoms with Crippen molar-refractivity contribution < 1.29 is 31.1 Å². The van der Waals surface area contributed by atoms with Crippen molar-refractivity contribution in [2.24, 2.45) is 7.05 Å². The van der Waals surface area contributed by atoms with Crippen molar-refractivity contribution in [3.05, 3.63) is 99.2 Å². The Bertz CT molecular complexity index is 1180. The van der Waals surface area contributed by atoms with Crippen LogP contribution in [-0.4, -0.2) is 15.5 Å². The molecule has 0 radical (unpaired) electrons.